The SMILES string of the molecule is C=CC(=O)OCCCCCCOc1ccc(-c2ccc(-c3ccc(CCC)cc3)c(C=N)c2)cc1.C=CC(=O)OCCCOc1ccc(-c2ccc(-c3ccc(CCC)cc3)cc2C=N)cc1.CCCc1ccc(C(=O)OCCc2ccc(OC(=O)c3ccc(OCCCCCCOCC4(CC)COC4)c(C)c3)cc2C=N)cc1.N#CCCCCNc1nc2ccccc2s1.Nc1nc2ccccc2s1.Nc1nc2ccccc2s1. The molecule has 1 aliphatic heterocycles. The number of thiazole rings is 3. The summed E-state index contributed by atoms with van der Waals surface area (Å²) in [4.78, 5) is 60.0. The summed E-state index contributed by atoms with van der Waals surface area (Å²) in [5.74, 6) is 1.05. The van der Waals surface area contributed by atoms with Gasteiger partial charge in [0.25, 0.3) is 0 Å². The zero-order chi connectivity index (χ0) is 106. The number of benzene rings is 12. The molecule has 780 valence electrons. The molecule has 26 heteroatoms. The van der Waals surface area contributed by atoms with Crippen LogP contribution in [0, 0.1) is 39.9 Å². The maximum Gasteiger partial charge on any atom is 0.343 e. The Labute approximate surface area is 894 Å². The highest BCUT2D eigenvalue weighted by Crippen LogP contribution is 2.36. The second-order valence-corrected chi connectivity index (χ2v) is 39.1. The van der Waals surface area contributed by atoms with Gasteiger partial charge in [-0.2, -0.15) is 5.26 Å². The Kier molecular flexibility index (Phi) is 48.8. The van der Waals surface area contributed by atoms with Gasteiger partial charge in [0.05, 0.1) is 107 Å². The van der Waals surface area contributed by atoms with Crippen LogP contribution in [0.25, 0.3) is 75.2 Å². The fourth-order valence-electron chi connectivity index (χ4n) is 16.2. The molecular weight excluding hydrogens is 1930 g/mol. The Morgan fingerprint density at radius 3 is 1.36 bits per heavy atom. The average molecular weight is 2070 g/mol. The lowest BCUT2D eigenvalue weighted by atomic mass is 9.84. The molecule has 16 rings (SSSR count). The van der Waals surface area contributed by atoms with Crippen molar-refractivity contribution in [2.75, 3.05) is 89.4 Å². The van der Waals surface area contributed by atoms with Crippen molar-refractivity contribution in [2.45, 2.75) is 163 Å². The molecule has 0 aliphatic carbocycles. The average Bonchev–Trinajstić information content (AvgIpc) is 1.44. The molecule has 3 aromatic heterocycles. The number of aromatic nitrogens is 3. The van der Waals surface area contributed by atoms with Crippen molar-refractivity contribution in [3.05, 3.63) is 348 Å². The predicted molar refractivity (Wildman–Crippen MR) is 614 cm³/mol. The number of nitrogens with one attached hydrogen (secondary N) is 4. The summed E-state index contributed by atoms with van der Waals surface area (Å²) in [5, 5.41) is 37.6. The van der Waals surface area contributed by atoms with Crippen molar-refractivity contribution in [3.8, 4) is 73.6 Å². The number of ether oxygens (including phenoxy) is 9. The molecule has 0 bridgehead atoms. The Morgan fingerprint density at radius 2 is 0.880 bits per heavy atom. The Balaban J connectivity index is 0.000000184. The van der Waals surface area contributed by atoms with Gasteiger partial charge < -0.3 is 75.6 Å². The summed E-state index contributed by atoms with van der Waals surface area (Å²) in [5.41, 5.74) is 31.8. The van der Waals surface area contributed by atoms with Crippen molar-refractivity contribution in [2.24, 2.45) is 5.41 Å². The molecule has 0 amide bonds. The third-order valence-electron chi connectivity index (χ3n) is 24.6. The van der Waals surface area contributed by atoms with Gasteiger partial charge in [-0.25, -0.2) is 34.1 Å². The standard InChI is InChI=1S/C39H49NO7.C31H35NO3.C28H29NO3.C12H13N3S.2C7H6N2S/c1-4-10-30-11-13-32(14-12-30)37(41)46-22-19-31-15-17-35(24-34(31)25-40)47-38(42)33-16-18-36(29(3)23-33)45-21-9-7-6-8-20-43-26-39(5-2)27-44-28-39;1-3-9-24-10-12-26(13-11-24)30-19-16-27(22-28(30)23-32)25-14-17-29(18-15-25)34-20-7-5-6-8-21-35-31(33)4-2;1-3-6-21-7-9-22(10-8-21)24-13-16-27(25(19-24)20-29)23-11-14-26(15-12-23)31-17-5-18-32-28(30)4-2;13-8-4-1-5-9-14-12-15-10-6-2-3-7-11(10)16-12;2*8-7-9-5-3-1-2-4-6(5)10-7/h11-18,23-25,40H,4-10,19-22,26-28H2,1-3H3;4,10-19,22-23,32H,2-3,5-9,20-21H2,1H3;4,7-16,19-20,29H,2-3,5-6,17-18H2,1H3;2-3,6-7H,1,4-5,9H2,(H,14,15);2*1-4H,(H2,8,9). The van der Waals surface area contributed by atoms with Gasteiger partial charge in [0.2, 0.25) is 0 Å². The largest absolute Gasteiger partial charge is 0.494 e. The lowest BCUT2D eigenvalue weighted by molar-refractivity contribution is -0.150. The van der Waals surface area contributed by atoms with Crippen molar-refractivity contribution >= 4 is 123 Å². The molecule has 1 aliphatic rings. The number of carbonyl (C=O) groups excluding carboxylic acids is 4. The molecule has 1 fully saturated rings. The van der Waals surface area contributed by atoms with Crippen LogP contribution in [0.5, 0.6) is 23.0 Å². The molecule has 8 N–H and O–H groups in total. The zero-order valence-corrected chi connectivity index (χ0v) is 89.0. The van der Waals surface area contributed by atoms with E-state index in [4.69, 9.17) is 75.6 Å². The van der Waals surface area contributed by atoms with E-state index in [1.807, 2.05) is 122 Å². The number of rotatable bonds is 50. The molecule has 0 radical (unpaired) electrons. The van der Waals surface area contributed by atoms with Crippen LogP contribution in [0.4, 0.5) is 15.4 Å². The number of carbonyl (C=O) groups is 4. The summed E-state index contributed by atoms with van der Waals surface area (Å²) in [6.07, 6.45) is 25.6. The van der Waals surface area contributed by atoms with Gasteiger partial charge >= 0.3 is 23.9 Å². The molecule has 0 saturated carbocycles. The fourth-order valence-corrected chi connectivity index (χ4v) is 18.5. The number of hydrogen-bond acceptors (Lipinski definition) is 26. The van der Waals surface area contributed by atoms with Crippen LogP contribution in [0.2, 0.25) is 0 Å². The minimum absolute atomic E-state index is 0.175. The van der Waals surface area contributed by atoms with E-state index in [-0.39, 0.29) is 24.0 Å². The topological polar surface area (TPSA) is 349 Å². The van der Waals surface area contributed by atoms with Crippen LogP contribution in [0.3, 0.4) is 0 Å². The van der Waals surface area contributed by atoms with E-state index in [0.717, 1.165) is 263 Å². The van der Waals surface area contributed by atoms with E-state index < -0.39 is 11.9 Å². The van der Waals surface area contributed by atoms with Crippen LogP contribution < -0.4 is 35.7 Å². The molecule has 15 aromatic rings. The maximum atomic E-state index is 12.9. The maximum absolute atomic E-state index is 12.9. The third-order valence-corrected chi connectivity index (χ3v) is 27.4. The number of nitriles is 1. The summed E-state index contributed by atoms with van der Waals surface area (Å²) < 4.78 is 53.3. The quantitative estimate of drug-likeness (QED) is 0.00515. The molecule has 23 nitrogen and oxygen atoms in total. The van der Waals surface area contributed by atoms with Crippen molar-refractivity contribution in [1.82, 2.24) is 15.0 Å². The van der Waals surface area contributed by atoms with Gasteiger partial charge in [0.15, 0.2) is 15.4 Å². The molecule has 0 spiro atoms. The smallest absolute Gasteiger partial charge is 0.343 e. The lowest BCUT2D eigenvalue weighted by Gasteiger charge is -2.40. The van der Waals surface area contributed by atoms with Crippen LogP contribution in [-0.4, -0.2) is 130 Å². The zero-order valence-electron chi connectivity index (χ0n) is 86.6. The van der Waals surface area contributed by atoms with Gasteiger partial charge in [-0.1, -0.05) is 252 Å². The Hall–Kier alpha value is -15.1. The second-order valence-electron chi connectivity index (χ2n) is 36.0. The minimum atomic E-state index is -0.487. The van der Waals surface area contributed by atoms with E-state index in [1.165, 1.54) is 68.8 Å². The van der Waals surface area contributed by atoms with E-state index in [2.05, 4.69) is 170 Å². The first kappa shape index (κ1) is 115. The monoisotopic (exact) mass is 2070 g/mol. The van der Waals surface area contributed by atoms with Crippen LogP contribution in [0.1, 0.15) is 196 Å². The van der Waals surface area contributed by atoms with E-state index in [1.54, 1.807) is 59.9 Å². The summed E-state index contributed by atoms with van der Waals surface area (Å²) in [7, 11) is 0. The fraction of sp³-hybridized carbons (Fsp3) is 0.298. The predicted octanol–water partition coefficient (Wildman–Crippen LogP) is 29.2. The van der Waals surface area contributed by atoms with E-state index in [0.29, 0.717) is 85.0 Å². The summed E-state index contributed by atoms with van der Waals surface area (Å²) >= 11 is 4.71. The van der Waals surface area contributed by atoms with Crippen molar-refractivity contribution < 1.29 is 61.8 Å². The minimum Gasteiger partial charge on any atom is -0.494 e. The van der Waals surface area contributed by atoms with Gasteiger partial charge in [-0.15, -0.1) is 0 Å². The molecule has 1 saturated heterocycles. The molecular formula is C124H138N10O13S3. The molecule has 12 aromatic carbocycles. The first-order chi connectivity index (χ1) is 73.3. The van der Waals surface area contributed by atoms with Gasteiger partial charge in [-0.3, -0.25) is 0 Å². The summed E-state index contributed by atoms with van der Waals surface area (Å²) in [6.45, 7) is 24.1. The number of esters is 4. The Bertz CT molecular complexity index is 6660. The molecule has 0 atom stereocenters. The first-order valence-corrected chi connectivity index (χ1v) is 53.9. The highest BCUT2D eigenvalue weighted by molar-refractivity contribution is 7.22. The van der Waals surface area contributed by atoms with E-state index >= 15 is 0 Å². The second kappa shape index (κ2) is 63.5. The summed E-state index contributed by atoms with van der Waals surface area (Å²) in [6, 6.07) is 89.8. The lowest BCUT2D eigenvalue weighted by Crippen LogP contribution is -2.45. The molecule has 4 heterocycles. The number of fused-ring (bicyclic) bond motifs is 3. The number of nitrogens with zero attached hydrogens (tertiary/aromatic N) is 4. The molecule has 150 heavy (non-hydrogen) atoms. The number of nitrogens with two attached hydrogens (primary N) is 2. The van der Waals surface area contributed by atoms with Gasteiger partial charge in [0.1, 0.15) is 23.0 Å². The van der Waals surface area contributed by atoms with Crippen LogP contribution in [0.15, 0.2) is 292 Å². The number of anilines is 3. The highest BCUT2D eigenvalue weighted by Gasteiger charge is 2.37. The number of unbranched alkanes of at least 4 members (excludes halogenated alkanes) is 8. The van der Waals surface area contributed by atoms with Gasteiger partial charge in [0, 0.05) is 79.8 Å². The first-order valence-electron chi connectivity index (χ1n) is 51.5. The molecule has 0 unspecified atom stereocenters. The van der Waals surface area contributed by atoms with E-state index in [9.17, 15) is 19.2 Å². The number of para-hydroxylation sites is 3. The van der Waals surface area contributed by atoms with Crippen molar-refractivity contribution in [3.63, 3.8) is 0 Å². The number of aryl methyl sites for hydroxylation is 4. The third kappa shape index (κ3) is 37.9. The van der Waals surface area contributed by atoms with Crippen molar-refractivity contribution in [1.29, 1.82) is 21.5 Å². The Morgan fingerprint density at radius 1 is 0.433 bits per heavy atom. The highest BCUT2D eigenvalue weighted by atomic mass is 32.1. The van der Waals surface area contributed by atoms with Gasteiger partial charge in [-0.05, 0) is 284 Å². The van der Waals surface area contributed by atoms with Crippen LogP contribution in [-0.2, 0) is 59.0 Å². The normalized spacial score (nSPS) is 11.4. The number of hydrogen-bond donors (Lipinski definition) is 6. The van der Waals surface area contributed by atoms with Crippen LogP contribution >= 0.6 is 34.0 Å². The number of nitrogen functional groups attached to an aromatic ring is 2.